The molecular formula is C13H12BrN. The molecule has 0 N–H and O–H groups in total. The minimum Gasteiger partial charge on any atom is -0.265 e. The maximum Gasteiger partial charge on any atom is 0.0270 e. The molecule has 1 unspecified atom stereocenters. The third-order valence-corrected chi connectivity index (χ3v) is 3.30. The van der Waals surface area contributed by atoms with Gasteiger partial charge in [0.1, 0.15) is 0 Å². The fourth-order valence-electron chi connectivity index (χ4n) is 1.66. The van der Waals surface area contributed by atoms with E-state index in [4.69, 9.17) is 0 Å². The van der Waals surface area contributed by atoms with Crippen molar-refractivity contribution < 1.29 is 0 Å². The van der Waals surface area contributed by atoms with Crippen LogP contribution < -0.4 is 0 Å². The summed E-state index contributed by atoms with van der Waals surface area (Å²) in [5.41, 5.74) is 2.60. The molecule has 2 rings (SSSR count). The first-order chi connectivity index (χ1) is 7.29. The van der Waals surface area contributed by atoms with E-state index in [0.29, 0.717) is 5.92 Å². The molecule has 2 heteroatoms. The molecule has 1 atom stereocenters. The van der Waals surface area contributed by atoms with Crippen molar-refractivity contribution in [3.63, 3.8) is 0 Å². The lowest BCUT2D eigenvalue weighted by Gasteiger charge is -2.13. The maximum atomic E-state index is 4.03. The van der Waals surface area contributed by atoms with Gasteiger partial charge in [-0.05, 0) is 29.3 Å². The van der Waals surface area contributed by atoms with E-state index in [1.165, 1.54) is 11.1 Å². The van der Waals surface area contributed by atoms with Crippen LogP contribution in [0.1, 0.15) is 24.0 Å². The minimum absolute atomic E-state index is 0.392. The molecule has 1 aromatic heterocycles. The Hall–Kier alpha value is -1.15. The van der Waals surface area contributed by atoms with E-state index in [1.54, 1.807) is 0 Å². The first-order valence-corrected chi connectivity index (χ1v) is 5.72. The highest BCUT2D eigenvalue weighted by molar-refractivity contribution is 9.10. The van der Waals surface area contributed by atoms with E-state index in [2.05, 4.69) is 58.2 Å². The van der Waals surface area contributed by atoms with Gasteiger partial charge in [-0.1, -0.05) is 41.1 Å². The van der Waals surface area contributed by atoms with E-state index in [-0.39, 0.29) is 0 Å². The standard InChI is InChI=1S/C13H12BrN/c1-10(11-6-8-15-9-7-11)12-4-2-3-5-13(12)14/h2-10H,1H3. The molecule has 2 aromatic rings. The van der Waals surface area contributed by atoms with Crippen LogP contribution in [0.4, 0.5) is 0 Å². The smallest absolute Gasteiger partial charge is 0.0270 e. The van der Waals surface area contributed by atoms with E-state index < -0.39 is 0 Å². The predicted molar refractivity (Wildman–Crippen MR) is 65.9 cm³/mol. The van der Waals surface area contributed by atoms with Gasteiger partial charge < -0.3 is 0 Å². The zero-order chi connectivity index (χ0) is 10.7. The van der Waals surface area contributed by atoms with Gasteiger partial charge >= 0.3 is 0 Å². The molecule has 0 aliphatic carbocycles. The van der Waals surface area contributed by atoms with Crippen LogP contribution in [-0.4, -0.2) is 4.98 Å². The summed E-state index contributed by atoms with van der Waals surface area (Å²) < 4.78 is 1.16. The quantitative estimate of drug-likeness (QED) is 0.797. The maximum absolute atomic E-state index is 4.03. The Bertz CT molecular complexity index is 439. The van der Waals surface area contributed by atoms with Crippen LogP contribution in [0, 0.1) is 0 Å². The molecule has 0 saturated heterocycles. The van der Waals surface area contributed by atoms with Gasteiger partial charge in [0.2, 0.25) is 0 Å². The van der Waals surface area contributed by atoms with Gasteiger partial charge in [0.25, 0.3) is 0 Å². The summed E-state index contributed by atoms with van der Waals surface area (Å²) in [6, 6.07) is 12.4. The summed E-state index contributed by atoms with van der Waals surface area (Å²) in [4.78, 5) is 4.03. The number of rotatable bonds is 2. The van der Waals surface area contributed by atoms with Crippen molar-refractivity contribution in [2.75, 3.05) is 0 Å². The molecule has 1 aromatic carbocycles. The molecule has 0 bridgehead atoms. The zero-order valence-corrected chi connectivity index (χ0v) is 10.1. The SMILES string of the molecule is CC(c1ccncc1)c1ccccc1Br. The first-order valence-electron chi connectivity index (χ1n) is 4.93. The summed E-state index contributed by atoms with van der Waals surface area (Å²) >= 11 is 3.58. The fraction of sp³-hybridized carbons (Fsp3) is 0.154. The van der Waals surface area contributed by atoms with E-state index in [0.717, 1.165) is 4.47 Å². The van der Waals surface area contributed by atoms with Crippen LogP contribution in [0.15, 0.2) is 53.3 Å². The summed E-state index contributed by atoms with van der Waals surface area (Å²) in [7, 11) is 0. The second-order valence-electron chi connectivity index (χ2n) is 3.52. The molecule has 0 fully saturated rings. The Morgan fingerprint density at radius 1 is 1.07 bits per heavy atom. The first kappa shape index (κ1) is 10.4. The van der Waals surface area contributed by atoms with Crippen LogP contribution in [-0.2, 0) is 0 Å². The van der Waals surface area contributed by atoms with Gasteiger partial charge in [-0.15, -0.1) is 0 Å². The largest absolute Gasteiger partial charge is 0.265 e. The van der Waals surface area contributed by atoms with Gasteiger partial charge in [0.05, 0.1) is 0 Å². The Morgan fingerprint density at radius 3 is 2.40 bits per heavy atom. The van der Waals surface area contributed by atoms with Crippen molar-refractivity contribution in [3.8, 4) is 0 Å². The molecule has 15 heavy (non-hydrogen) atoms. The number of hydrogen-bond acceptors (Lipinski definition) is 1. The number of aromatic nitrogens is 1. The van der Waals surface area contributed by atoms with E-state index in [9.17, 15) is 0 Å². The Morgan fingerprint density at radius 2 is 1.73 bits per heavy atom. The molecule has 1 nitrogen and oxygen atoms in total. The molecular weight excluding hydrogens is 250 g/mol. The lowest BCUT2D eigenvalue weighted by molar-refractivity contribution is 0.911. The lowest BCUT2D eigenvalue weighted by Crippen LogP contribution is -1.96. The highest BCUT2D eigenvalue weighted by Gasteiger charge is 2.10. The average Bonchev–Trinajstić information content (AvgIpc) is 2.30. The summed E-state index contributed by atoms with van der Waals surface area (Å²) in [6.07, 6.45) is 3.67. The predicted octanol–water partition coefficient (Wildman–Crippen LogP) is 4.00. The minimum atomic E-state index is 0.392. The molecule has 0 aliphatic rings. The normalized spacial score (nSPS) is 12.4. The summed E-state index contributed by atoms with van der Waals surface area (Å²) in [6.45, 7) is 2.20. The third-order valence-electron chi connectivity index (χ3n) is 2.58. The summed E-state index contributed by atoms with van der Waals surface area (Å²) in [5.74, 6) is 0.392. The Balaban J connectivity index is 2.37. The second kappa shape index (κ2) is 4.58. The van der Waals surface area contributed by atoms with Crippen molar-refractivity contribution in [1.82, 2.24) is 4.98 Å². The molecule has 76 valence electrons. The van der Waals surface area contributed by atoms with Gasteiger partial charge in [0, 0.05) is 22.8 Å². The van der Waals surface area contributed by atoms with Crippen molar-refractivity contribution in [1.29, 1.82) is 0 Å². The zero-order valence-electron chi connectivity index (χ0n) is 8.52. The van der Waals surface area contributed by atoms with Crippen molar-refractivity contribution >= 4 is 15.9 Å². The highest BCUT2D eigenvalue weighted by atomic mass is 79.9. The van der Waals surface area contributed by atoms with Gasteiger partial charge in [-0.3, -0.25) is 4.98 Å². The van der Waals surface area contributed by atoms with Crippen LogP contribution in [0.5, 0.6) is 0 Å². The molecule has 0 aliphatic heterocycles. The van der Waals surface area contributed by atoms with Gasteiger partial charge in [-0.25, -0.2) is 0 Å². The van der Waals surface area contributed by atoms with Crippen LogP contribution in [0.25, 0.3) is 0 Å². The van der Waals surface area contributed by atoms with E-state index >= 15 is 0 Å². The average molecular weight is 262 g/mol. The van der Waals surface area contributed by atoms with Crippen LogP contribution in [0.3, 0.4) is 0 Å². The third kappa shape index (κ3) is 2.26. The monoisotopic (exact) mass is 261 g/mol. The lowest BCUT2D eigenvalue weighted by atomic mass is 9.94. The molecule has 1 heterocycles. The van der Waals surface area contributed by atoms with Crippen LogP contribution in [0.2, 0.25) is 0 Å². The van der Waals surface area contributed by atoms with Crippen molar-refractivity contribution in [3.05, 3.63) is 64.4 Å². The van der Waals surface area contributed by atoms with Crippen molar-refractivity contribution in [2.24, 2.45) is 0 Å². The number of nitrogens with zero attached hydrogens (tertiary/aromatic N) is 1. The van der Waals surface area contributed by atoms with E-state index in [1.807, 2.05) is 18.5 Å². The molecule has 0 radical (unpaired) electrons. The number of pyridine rings is 1. The number of benzene rings is 1. The number of halogens is 1. The molecule has 0 saturated carbocycles. The molecule has 0 spiro atoms. The molecule has 0 amide bonds. The van der Waals surface area contributed by atoms with Gasteiger partial charge in [0.15, 0.2) is 0 Å². The van der Waals surface area contributed by atoms with Crippen molar-refractivity contribution in [2.45, 2.75) is 12.8 Å². The Kier molecular flexibility index (Phi) is 3.17. The fourth-order valence-corrected chi connectivity index (χ4v) is 2.29. The van der Waals surface area contributed by atoms with Gasteiger partial charge in [-0.2, -0.15) is 0 Å². The van der Waals surface area contributed by atoms with Crippen LogP contribution >= 0.6 is 15.9 Å². The summed E-state index contributed by atoms with van der Waals surface area (Å²) in [5, 5.41) is 0. The number of hydrogen-bond donors (Lipinski definition) is 0. The highest BCUT2D eigenvalue weighted by Crippen LogP contribution is 2.29. The topological polar surface area (TPSA) is 12.9 Å². The second-order valence-corrected chi connectivity index (χ2v) is 4.38. The Labute approximate surface area is 98.3 Å².